The SMILES string of the molecule is O=C(NCCN1CCOCC1)c1ccc(CN2C(=O)c3ccccc3S2(=O)=O)cc1. The summed E-state index contributed by atoms with van der Waals surface area (Å²) in [5.41, 5.74) is 1.30. The number of nitrogens with zero attached hydrogens (tertiary/aromatic N) is 2. The Labute approximate surface area is 175 Å². The highest BCUT2D eigenvalue weighted by molar-refractivity contribution is 7.90. The first-order valence-electron chi connectivity index (χ1n) is 9.80. The predicted molar refractivity (Wildman–Crippen MR) is 110 cm³/mol. The van der Waals surface area contributed by atoms with Gasteiger partial charge in [0.25, 0.3) is 21.8 Å². The largest absolute Gasteiger partial charge is 0.379 e. The van der Waals surface area contributed by atoms with Crippen LogP contribution >= 0.6 is 0 Å². The molecule has 0 atom stereocenters. The van der Waals surface area contributed by atoms with Gasteiger partial charge in [-0.15, -0.1) is 0 Å². The van der Waals surface area contributed by atoms with Gasteiger partial charge in [-0.2, -0.15) is 0 Å². The molecule has 0 aromatic heterocycles. The third kappa shape index (κ3) is 4.09. The van der Waals surface area contributed by atoms with Crippen LogP contribution in [0.2, 0.25) is 0 Å². The van der Waals surface area contributed by atoms with E-state index in [0.717, 1.165) is 37.2 Å². The van der Waals surface area contributed by atoms with E-state index in [9.17, 15) is 18.0 Å². The second kappa shape index (κ2) is 8.55. The summed E-state index contributed by atoms with van der Waals surface area (Å²) in [5, 5.41) is 2.89. The molecule has 1 fully saturated rings. The Hall–Kier alpha value is -2.75. The van der Waals surface area contributed by atoms with E-state index >= 15 is 0 Å². The zero-order chi connectivity index (χ0) is 21.1. The van der Waals surface area contributed by atoms with E-state index in [-0.39, 0.29) is 22.9 Å². The number of carbonyl (C=O) groups excluding carboxylic acids is 2. The van der Waals surface area contributed by atoms with Gasteiger partial charge in [0.2, 0.25) is 0 Å². The number of rotatable bonds is 6. The number of sulfonamides is 1. The number of benzene rings is 2. The van der Waals surface area contributed by atoms with Crippen molar-refractivity contribution in [2.24, 2.45) is 0 Å². The van der Waals surface area contributed by atoms with E-state index in [1.54, 1.807) is 36.4 Å². The molecule has 0 radical (unpaired) electrons. The van der Waals surface area contributed by atoms with Crippen LogP contribution in [0.15, 0.2) is 53.4 Å². The normalized spacial score (nSPS) is 18.3. The van der Waals surface area contributed by atoms with Gasteiger partial charge in [-0.3, -0.25) is 14.5 Å². The molecule has 158 valence electrons. The van der Waals surface area contributed by atoms with Crippen molar-refractivity contribution in [3.05, 3.63) is 65.2 Å². The van der Waals surface area contributed by atoms with E-state index in [4.69, 9.17) is 4.74 Å². The fourth-order valence-corrected chi connectivity index (χ4v) is 5.13. The van der Waals surface area contributed by atoms with E-state index in [1.165, 1.54) is 12.1 Å². The Morgan fingerprint density at radius 2 is 1.73 bits per heavy atom. The third-order valence-corrected chi connectivity index (χ3v) is 7.06. The number of nitrogens with one attached hydrogen (secondary N) is 1. The zero-order valence-electron chi connectivity index (χ0n) is 16.4. The zero-order valence-corrected chi connectivity index (χ0v) is 17.2. The molecule has 4 rings (SSSR count). The van der Waals surface area contributed by atoms with E-state index in [1.807, 2.05) is 0 Å². The van der Waals surface area contributed by atoms with Crippen LogP contribution in [0.25, 0.3) is 0 Å². The minimum absolute atomic E-state index is 0.0336. The minimum atomic E-state index is -3.85. The summed E-state index contributed by atoms with van der Waals surface area (Å²) >= 11 is 0. The van der Waals surface area contributed by atoms with Crippen molar-refractivity contribution in [1.82, 2.24) is 14.5 Å². The quantitative estimate of drug-likeness (QED) is 0.739. The molecule has 2 heterocycles. The number of fused-ring (bicyclic) bond motifs is 1. The van der Waals surface area contributed by atoms with Crippen LogP contribution in [-0.2, 0) is 21.3 Å². The summed E-state index contributed by atoms with van der Waals surface area (Å²) in [6.07, 6.45) is 0. The maximum atomic E-state index is 12.7. The molecule has 0 spiro atoms. The second-order valence-electron chi connectivity index (χ2n) is 7.22. The summed E-state index contributed by atoms with van der Waals surface area (Å²) in [6.45, 7) is 4.40. The van der Waals surface area contributed by atoms with Crippen LogP contribution in [0.4, 0.5) is 0 Å². The molecular weight excluding hydrogens is 406 g/mol. The highest BCUT2D eigenvalue weighted by Crippen LogP contribution is 2.31. The molecule has 2 amide bonds. The van der Waals surface area contributed by atoms with Gasteiger partial charge >= 0.3 is 0 Å². The van der Waals surface area contributed by atoms with E-state index in [0.29, 0.717) is 17.7 Å². The lowest BCUT2D eigenvalue weighted by molar-refractivity contribution is 0.0383. The number of carbonyl (C=O) groups is 2. The highest BCUT2D eigenvalue weighted by Gasteiger charge is 2.40. The number of hydrogen-bond donors (Lipinski definition) is 1. The van der Waals surface area contributed by atoms with Crippen molar-refractivity contribution in [1.29, 1.82) is 0 Å². The molecular formula is C21H23N3O5S. The summed E-state index contributed by atoms with van der Waals surface area (Å²) < 4.78 is 31.5. The molecule has 0 unspecified atom stereocenters. The van der Waals surface area contributed by atoms with Gasteiger partial charge in [0.1, 0.15) is 4.90 Å². The van der Waals surface area contributed by atoms with Crippen LogP contribution in [0.1, 0.15) is 26.3 Å². The lowest BCUT2D eigenvalue weighted by atomic mass is 10.1. The van der Waals surface area contributed by atoms with Crippen molar-refractivity contribution in [2.45, 2.75) is 11.4 Å². The molecule has 1 N–H and O–H groups in total. The van der Waals surface area contributed by atoms with Gasteiger partial charge in [-0.1, -0.05) is 24.3 Å². The number of amides is 2. The molecule has 9 heteroatoms. The average Bonchev–Trinajstić information content (AvgIpc) is 2.96. The van der Waals surface area contributed by atoms with Crippen LogP contribution < -0.4 is 5.32 Å². The molecule has 2 aliphatic rings. The van der Waals surface area contributed by atoms with Gasteiger partial charge < -0.3 is 10.1 Å². The monoisotopic (exact) mass is 429 g/mol. The fraction of sp³-hybridized carbons (Fsp3) is 0.333. The van der Waals surface area contributed by atoms with Crippen molar-refractivity contribution in [3.63, 3.8) is 0 Å². The van der Waals surface area contributed by atoms with Gasteiger partial charge in [0.05, 0.1) is 25.3 Å². The third-order valence-electron chi connectivity index (χ3n) is 5.27. The second-order valence-corrected chi connectivity index (χ2v) is 9.05. The van der Waals surface area contributed by atoms with Crippen LogP contribution in [0.5, 0.6) is 0 Å². The predicted octanol–water partition coefficient (Wildman–Crippen LogP) is 1.09. The smallest absolute Gasteiger partial charge is 0.269 e. The summed E-state index contributed by atoms with van der Waals surface area (Å²) in [5.74, 6) is -0.720. The lowest BCUT2D eigenvalue weighted by Crippen LogP contribution is -2.41. The summed E-state index contributed by atoms with van der Waals surface area (Å²) in [7, 11) is -3.85. The maximum Gasteiger partial charge on any atom is 0.269 e. The Morgan fingerprint density at radius 1 is 1.03 bits per heavy atom. The molecule has 1 saturated heterocycles. The standard InChI is InChI=1S/C21H23N3O5S/c25-20(22-9-10-23-11-13-29-14-12-23)17-7-5-16(6-8-17)15-24-21(26)18-3-1-2-4-19(18)30(24,27)28/h1-8H,9-15H2,(H,22,25). The van der Waals surface area contributed by atoms with Gasteiger partial charge in [0, 0.05) is 31.7 Å². The molecule has 2 aliphatic heterocycles. The Kier molecular flexibility index (Phi) is 5.85. The molecule has 30 heavy (non-hydrogen) atoms. The fourth-order valence-electron chi connectivity index (χ4n) is 3.57. The van der Waals surface area contributed by atoms with Crippen LogP contribution in [0, 0.1) is 0 Å². The first kappa shape index (κ1) is 20.5. The topological polar surface area (TPSA) is 96.0 Å². The van der Waals surface area contributed by atoms with Gasteiger partial charge in [0.15, 0.2) is 0 Å². The Bertz CT molecular complexity index is 1050. The molecule has 0 bridgehead atoms. The molecule has 2 aromatic rings. The Morgan fingerprint density at radius 3 is 2.43 bits per heavy atom. The number of morpholine rings is 1. The molecule has 8 nitrogen and oxygen atoms in total. The van der Waals surface area contributed by atoms with Gasteiger partial charge in [-0.25, -0.2) is 12.7 Å². The summed E-state index contributed by atoms with van der Waals surface area (Å²) in [4.78, 5) is 27.1. The maximum absolute atomic E-state index is 12.7. The molecule has 0 saturated carbocycles. The average molecular weight is 429 g/mol. The lowest BCUT2D eigenvalue weighted by Gasteiger charge is -2.26. The minimum Gasteiger partial charge on any atom is -0.379 e. The van der Waals surface area contributed by atoms with Crippen LogP contribution in [-0.4, -0.2) is 68.8 Å². The van der Waals surface area contributed by atoms with Gasteiger partial charge in [-0.05, 0) is 29.8 Å². The van der Waals surface area contributed by atoms with E-state index < -0.39 is 15.9 Å². The van der Waals surface area contributed by atoms with Crippen molar-refractivity contribution >= 4 is 21.8 Å². The van der Waals surface area contributed by atoms with Crippen molar-refractivity contribution < 1.29 is 22.7 Å². The summed E-state index contributed by atoms with van der Waals surface area (Å²) in [6, 6.07) is 12.8. The number of hydrogen-bond acceptors (Lipinski definition) is 6. The van der Waals surface area contributed by atoms with Crippen LogP contribution in [0.3, 0.4) is 0 Å². The Balaban J connectivity index is 1.36. The van der Waals surface area contributed by atoms with Crippen molar-refractivity contribution in [2.75, 3.05) is 39.4 Å². The molecule has 2 aromatic carbocycles. The molecule has 0 aliphatic carbocycles. The highest BCUT2D eigenvalue weighted by atomic mass is 32.2. The van der Waals surface area contributed by atoms with Crippen molar-refractivity contribution in [3.8, 4) is 0 Å². The first-order chi connectivity index (χ1) is 14.5. The first-order valence-corrected chi connectivity index (χ1v) is 11.2. The van der Waals surface area contributed by atoms with E-state index in [2.05, 4.69) is 10.2 Å². The number of ether oxygens (including phenoxy) is 1.